The van der Waals surface area contributed by atoms with E-state index in [0.29, 0.717) is 5.92 Å². The Hall–Kier alpha value is 0.1000. The van der Waals surface area contributed by atoms with Crippen LogP contribution in [-0.2, 0) is 0 Å². The van der Waals surface area contributed by atoms with Gasteiger partial charge in [0, 0.05) is 15.0 Å². The van der Waals surface area contributed by atoms with Crippen LogP contribution in [0, 0.1) is 5.92 Å². The third-order valence-electron chi connectivity index (χ3n) is 3.04. The molecule has 15 heavy (non-hydrogen) atoms. The maximum Gasteiger partial charge on any atom is 0.0488 e. The summed E-state index contributed by atoms with van der Waals surface area (Å²) in [5, 5.41) is 0. The van der Waals surface area contributed by atoms with Gasteiger partial charge in [-0.25, -0.2) is 0 Å². The molecule has 1 saturated carbocycles. The van der Waals surface area contributed by atoms with E-state index in [-0.39, 0.29) is 6.04 Å². The summed E-state index contributed by atoms with van der Waals surface area (Å²) >= 11 is 7.00. The van der Waals surface area contributed by atoms with Crippen LogP contribution < -0.4 is 11.3 Å². The van der Waals surface area contributed by atoms with Crippen molar-refractivity contribution in [2.45, 2.75) is 25.3 Å². The molecule has 4 heteroatoms. The summed E-state index contributed by atoms with van der Waals surface area (Å²) in [5.41, 5.74) is 4.19. The van der Waals surface area contributed by atoms with Crippen LogP contribution in [0.2, 0.25) is 0 Å². The van der Waals surface area contributed by atoms with Gasteiger partial charge in [-0.05, 0) is 42.5 Å². The van der Waals surface area contributed by atoms with Gasteiger partial charge in [0.25, 0.3) is 0 Å². The van der Waals surface area contributed by atoms with Gasteiger partial charge in [0.1, 0.15) is 0 Å². The summed E-state index contributed by atoms with van der Waals surface area (Å²) in [7, 11) is 0. The Bertz CT molecular complexity index is 330. The Morgan fingerprint density at radius 3 is 2.20 bits per heavy atom. The number of rotatable bonds is 3. The number of nitrogens with one attached hydrogen (secondary N) is 1. The highest BCUT2D eigenvalue weighted by atomic mass is 79.9. The Balaban J connectivity index is 2.24. The zero-order chi connectivity index (χ0) is 10.8. The third kappa shape index (κ3) is 2.61. The molecular weight excluding hydrogens is 320 g/mol. The smallest absolute Gasteiger partial charge is 0.0488 e. The summed E-state index contributed by atoms with van der Waals surface area (Å²) < 4.78 is 2.18. The van der Waals surface area contributed by atoms with Gasteiger partial charge in [0.05, 0.1) is 0 Å². The van der Waals surface area contributed by atoms with Gasteiger partial charge in [-0.2, -0.15) is 0 Å². The maximum absolute atomic E-state index is 5.63. The lowest BCUT2D eigenvalue weighted by Gasteiger charge is -2.33. The number of hydrogen-bond acceptors (Lipinski definition) is 2. The standard InChI is InChI=1S/C11H14Br2N2/c12-9-4-8(5-10(13)6-9)11(15-14)7-2-1-3-7/h4-7,11,15H,1-3,14H2. The summed E-state index contributed by atoms with van der Waals surface area (Å²) in [6.45, 7) is 0. The normalized spacial score (nSPS) is 18.6. The van der Waals surface area contributed by atoms with Crippen molar-refractivity contribution in [3.8, 4) is 0 Å². The first-order valence-corrected chi connectivity index (χ1v) is 6.71. The predicted octanol–water partition coefficient (Wildman–Crippen LogP) is 3.52. The molecule has 1 aromatic carbocycles. The van der Waals surface area contributed by atoms with Crippen LogP contribution in [-0.4, -0.2) is 0 Å². The van der Waals surface area contributed by atoms with E-state index in [1.165, 1.54) is 24.8 Å². The van der Waals surface area contributed by atoms with E-state index in [0.717, 1.165) is 8.95 Å². The van der Waals surface area contributed by atoms with Crippen LogP contribution >= 0.6 is 31.9 Å². The van der Waals surface area contributed by atoms with Crippen LogP contribution in [0.1, 0.15) is 30.9 Å². The molecule has 1 aromatic rings. The van der Waals surface area contributed by atoms with Crippen molar-refractivity contribution in [2.75, 3.05) is 0 Å². The zero-order valence-corrected chi connectivity index (χ0v) is 11.5. The van der Waals surface area contributed by atoms with Crippen molar-refractivity contribution >= 4 is 31.9 Å². The Morgan fingerprint density at radius 2 is 1.80 bits per heavy atom. The number of nitrogens with two attached hydrogens (primary N) is 1. The molecule has 0 heterocycles. The Labute approximate surface area is 107 Å². The third-order valence-corrected chi connectivity index (χ3v) is 3.96. The highest BCUT2D eigenvalue weighted by Crippen LogP contribution is 2.38. The van der Waals surface area contributed by atoms with Crippen molar-refractivity contribution in [1.29, 1.82) is 0 Å². The van der Waals surface area contributed by atoms with Gasteiger partial charge in [0.2, 0.25) is 0 Å². The SMILES string of the molecule is NNC(c1cc(Br)cc(Br)c1)C1CCC1. The number of halogens is 2. The molecule has 0 aliphatic heterocycles. The molecule has 0 aromatic heterocycles. The molecule has 1 fully saturated rings. The summed E-state index contributed by atoms with van der Waals surface area (Å²) in [6, 6.07) is 6.59. The molecule has 0 bridgehead atoms. The van der Waals surface area contributed by atoms with Crippen LogP contribution in [0.3, 0.4) is 0 Å². The van der Waals surface area contributed by atoms with E-state index in [1.54, 1.807) is 0 Å². The fraction of sp³-hybridized carbons (Fsp3) is 0.455. The molecule has 2 rings (SSSR count). The van der Waals surface area contributed by atoms with Gasteiger partial charge in [-0.15, -0.1) is 0 Å². The predicted molar refractivity (Wildman–Crippen MR) is 69.2 cm³/mol. The highest BCUT2D eigenvalue weighted by molar-refractivity contribution is 9.11. The maximum atomic E-state index is 5.63. The molecule has 1 unspecified atom stereocenters. The van der Waals surface area contributed by atoms with E-state index < -0.39 is 0 Å². The molecule has 2 nitrogen and oxygen atoms in total. The van der Waals surface area contributed by atoms with Crippen LogP contribution in [0.25, 0.3) is 0 Å². The van der Waals surface area contributed by atoms with Crippen molar-refractivity contribution in [3.05, 3.63) is 32.7 Å². The van der Waals surface area contributed by atoms with Gasteiger partial charge in [-0.3, -0.25) is 11.3 Å². The minimum Gasteiger partial charge on any atom is -0.271 e. The highest BCUT2D eigenvalue weighted by Gasteiger charge is 2.27. The molecule has 82 valence electrons. The molecule has 1 aliphatic rings. The minimum absolute atomic E-state index is 0.285. The van der Waals surface area contributed by atoms with Gasteiger partial charge >= 0.3 is 0 Å². The fourth-order valence-corrected chi connectivity index (χ4v) is 3.36. The monoisotopic (exact) mass is 332 g/mol. The average molecular weight is 334 g/mol. The molecule has 0 radical (unpaired) electrons. The number of hydrazine groups is 1. The van der Waals surface area contributed by atoms with Crippen molar-refractivity contribution < 1.29 is 0 Å². The zero-order valence-electron chi connectivity index (χ0n) is 8.34. The van der Waals surface area contributed by atoms with E-state index in [9.17, 15) is 0 Å². The average Bonchev–Trinajstić information content (AvgIpc) is 2.08. The van der Waals surface area contributed by atoms with E-state index in [1.807, 2.05) is 6.07 Å². The Kier molecular flexibility index (Phi) is 3.83. The number of hydrogen-bond donors (Lipinski definition) is 2. The van der Waals surface area contributed by atoms with E-state index in [4.69, 9.17) is 5.84 Å². The Morgan fingerprint density at radius 1 is 1.20 bits per heavy atom. The lowest BCUT2D eigenvalue weighted by atomic mass is 9.77. The second kappa shape index (κ2) is 4.95. The quantitative estimate of drug-likeness (QED) is 0.656. The first kappa shape index (κ1) is 11.6. The molecule has 3 N–H and O–H groups in total. The molecule has 1 atom stereocenters. The van der Waals surface area contributed by atoms with Crippen molar-refractivity contribution in [3.63, 3.8) is 0 Å². The molecule has 0 saturated heterocycles. The fourth-order valence-electron chi connectivity index (χ4n) is 2.03. The van der Waals surface area contributed by atoms with Gasteiger partial charge in [-0.1, -0.05) is 38.3 Å². The van der Waals surface area contributed by atoms with Crippen LogP contribution in [0.4, 0.5) is 0 Å². The summed E-state index contributed by atoms with van der Waals surface area (Å²) in [6.07, 6.45) is 3.88. The van der Waals surface area contributed by atoms with Gasteiger partial charge < -0.3 is 0 Å². The largest absolute Gasteiger partial charge is 0.271 e. The van der Waals surface area contributed by atoms with Crippen LogP contribution in [0.5, 0.6) is 0 Å². The van der Waals surface area contributed by atoms with E-state index in [2.05, 4.69) is 49.4 Å². The van der Waals surface area contributed by atoms with Crippen molar-refractivity contribution in [1.82, 2.24) is 5.43 Å². The van der Waals surface area contributed by atoms with Gasteiger partial charge in [0.15, 0.2) is 0 Å². The van der Waals surface area contributed by atoms with Crippen molar-refractivity contribution in [2.24, 2.45) is 11.8 Å². The molecular formula is C11H14Br2N2. The van der Waals surface area contributed by atoms with E-state index >= 15 is 0 Å². The second-order valence-electron chi connectivity index (χ2n) is 4.04. The second-order valence-corrected chi connectivity index (χ2v) is 5.87. The summed E-state index contributed by atoms with van der Waals surface area (Å²) in [5.74, 6) is 6.33. The summed E-state index contributed by atoms with van der Waals surface area (Å²) in [4.78, 5) is 0. The molecule has 1 aliphatic carbocycles. The molecule has 0 amide bonds. The lowest BCUT2D eigenvalue weighted by molar-refractivity contribution is 0.232. The lowest BCUT2D eigenvalue weighted by Crippen LogP contribution is -2.36. The molecule has 0 spiro atoms. The number of benzene rings is 1. The van der Waals surface area contributed by atoms with Crippen LogP contribution in [0.15, 0.2) is 27.1 Å². The first-order chi connectivity index (χ1) is 7.20. The minimum atomic E-state index is 0.285. The first-order valence-electron chi connectivity index (χ1n) is 5.13. The topological polar surface area (TPSA) is 38.0 Å².